The third kappa shape index (κ3) is 4.44. The fraction of sp³-hybridized carbons (Fsp3) is 0.162. The first-order chi connectivity index (χ1) is 21.4. The summed E-state index contributed by atoms with van der Waals surface area (Å²) >= 11 is 0. The van der Waals surface area contributed by atoms with E-state index < -0.39 is 35.3 Å². The van der Waals surface area contributed by atoms with Gasteiger partial charge in [-0.05, 0) is 46.9 Å². The molecule has 0 radical (unpaired) electrons. The average Bonchev–Trinajstić information content (AvgIpc) is 3.69. The monoisotopic (exact) mass is 581 g/mol. The maximum absolute atomic E-state index is 14.3. The molecule has 0 spiro atoms. The topological polar surface area (TPSA) is 102 Å². The lowest BCUT2D eigenvalue weighted by atomic mass is 9.76. The normalized spacial score (nSPS) is 23.1. The number of nitrogens with one attached hydrogen (secondary N) is 2. The number of aromatic nitrogens is 1. The molecule has 0 aliphatic carbocycles. The van der Waals surface area contributed by atoms with Gasteiger partial charge in [-0.25, -0.2) is 4.90 Å². The highest BCUT2D eigenvalue weighted by molar-refractivity contribution is 6.24. The minimum Gasteiger partial charge on any atom is -0.480 e. The second-order valence-electron chi connectivity index (χ2n) is 11.6. The van der Waals surface area contributed by atoms with Crippen LogP contribution in [0.2, 0.25) is 0 Å². The van der Waals surface area contributed by atoms with Crippen LogP contribution in [0.1, 0.15) is 33.9 Å². The van der Waals surface area contributed by atoms with Crippen molar-refractivity contribution in [2.45, 2.75) is 24.9 Å². The number of aliphatic carboxylic acids is 1. The number of carbonyl (C=O) groups excluding carboxylic acids is 2. The highest BCUT2D eigenvalue weighted by atomic mass is 16.4. The molecule has 5 aromatic rings. The van der Waals surface area contributed by atoms with Crippen molar-refractivity contribution in [1.29, 1.82) is 0 Å². The van der Waals surface area contributed by atoms with Crippen molar-refractivity contribution < 1.29 is 19.5 Å². The SMILES string of the molecule is Cc1ccccc1N1C(=O)C2C(c3ccc(/C=C/c4ccccc4)cc3)NC(Cc3c[nH]c4ccccc34)(C(=O)O)C2C1=O. The van der Waals surface area contributed by atoms with Gasteiger partial charge < -0.3 is 10.1 Å². The molecule has 2 fully saturated rings. The van der Waals surface area contributed by atoms with Crippen LogP contribution in [0.25, 0.3) is 23.1 Å². The zero-order valence-electron chi connectivity index (χ0n) is 24.1. The first-order valence-corrected chi connectivity index (χ1v) is 14.7. The van der Waals surface area contributed by atoms with E-state index >= 15 is 0 Å². The van der Waals surface area contributed by atoms with Crippen LogP contribution in [0, 0.1) is 18.8 Å². The predicted molar refractivity (Wildman–Crippen MR) is 171 cm³/mol. The number of amides is 2. The number of rotatable bonds is 7. The molecule has 2 amide bonds. The number of H-pyrrole nitrogens is 1. The molecule has 0 bridgehead atoms. The molecule has 3 heterocycles. The molecule has 4 aromatic carbocycles. The van der Waals surface area contributed by atoms with Crippen LogP contribution in [0.15, 0.2) is 109 Å². The van der Waals surface area contributed by atoms with Crippen molar-refractivity contribution >= 4 is 46.5 Å². The van der Waals surface area contributed by atoms with Crippen molar-refractivity contribution in [2.75, 3.05) is 4.90 Å². The number of aryl methyl sites for hydroxylation is 1. The average molecular weight is 582 g/mol. The smallest absolute Gasteiger partial charge is 0.325 e. The van der Waals surface area contributed by atoms with Crippen LogP contribution in [-0.2, 0) is 20.8 Å². The first-order valence-electron chi connectivity index (χ1n) is 14.7. The molecule has 7 heteroatoms. The summed E-state index contributed by atoms with van der Waals surface area (Å²) in [5, 5.41) is 15.2. The van der Waals surface area contributed by atoms with Gasteiger partial charge in [0, 0.05) is 29.6 Å². The van der Waals surface area contributed by atoms with Crippen molar-refractivity contribution in [2.24, 2.45) is 11.8 Å². The molecule has 0 saturated carbocycles. The molecule has 1 aromatic heterocycles. The lowest BCUT2D eigenvalue weighted by Crippen LogP contribution is -2.57. The van der Waals surface area contributed by atoms with Gasteiger partial charge in [0.25, 0.3) is 0 Å². The molecule has 7 rings (SSSR count). The summed E-state index contributed by atoms with van der Waals surface area (Å²) in [7, 11) is 0. The minimum absolute atomic E-state index is 0.0303. The molecule has 4 atom stereocenters. The van der Waals surface area contributed by atoms with Gasteiger partial charge in [0.15, 0.2) is 0 Å². The summed E-state index contributed by atoms with van der Waals surface area (Å²) in [6, 6.07) is 31.9. The molecule has 44 heavy (non-hydrogen) atoms. The molecule has 2 aliphatic heterocycles. The van der Waals surface area contributed by atoms with Gasteiger partial charge in [-0.3, -0.25) is 19.7 Å². The van der Waals surface area contributed by atoms with Gasteiger partial charge in [-0.15, -0.1) is 0 Å². The van der Waals surface area contributed by atoms with Crippen LogP contribution in [0.3, 0.4) is 0 Å². The Balaban J connectivity index is 1.31. The number of anilines is 1. The highest BCUT2D eigenvalue weighted by Crippen LogP contribution is 2.51. The molecule has 4 unspecified atom stereocenters. The predicted octanol–water partition coefficient (Wildman–Crippen LogP) is 6.16. The van der Waals surface area contributed by atoms with E-state index in [-0.39, 0.29) is 12.3 Å². The van der Waals surface area contributed by atoms with E-state index in [2.05, 4.69) is 10.3 Å². The Morgan fingerprint density at radius 2 is 1.50 bits per heavy atom. The van der Waals surface area contributed by atoms with Gasteiger partial charge in [0.2, 0.25) is 11.8 Å². The number of nitrogens with zero attached hydrogens (tertiary/aromatic N) is 1. The lowest BCUT2D eigenvalue weighted by molar-refractivity contribution is -0.148. The fourth-order valence-corrected chi connectivity index (χ4v) is 6.93. The quantitative estimate of drug-likeness (QED) is 0.158. The van der Waals surface area contributed by atoms with E-state index in [1.807, 2.05) is 110 Å². The van der Waals surface area contributed by atoms with E-state index in [0.29, 0.717) is 5.69 Å². The van der Waals surface area contributed by atoms with Crippen LogP contribution >= 0.6 is 0 Å². The summed E-state index contributed by atoms with van der Waals surface area (Å²) in [6.07, 6.45) is 5.86. The molecule has 2 saturated heterocycles. The maximum Gasteiger partial charge on any atom is 0.325 e. The molecular formula is C37H31N3O4. The number of carboxylic acid groups (broad SMARTS) is 1. The number of aromatic amines is 1. The zero-order valence-corrected chi connectivity index (χ0v) is 24.1. The Morgan fingerprint density at radius 1 is 0.841 bits per heavy atom. The Bertz CT molecular complexity index is 1930. The van der Waals surface area contributed by atoms with Crippen LogP contribution in [0.5, 0.6) is 0 Å². The van der Waals surface area contributed by atoms with E-state index in [1.165, 1.54) is 4.90 Å². The first kappa shape index (κ1) is 27.6. The number of hydrogen-bond acceptors (Lipinski definition) is 4. The molecule has 218 valence electrons. The standard InChI is InChI=1S/C37H31N3O4/c1-23-9-5-8-14-30(23)40-34(41)31-32(35(40)42)37(36(43)44,21-27-22-38-29-13-7-6-12-28(27)29)39-33(31)26-19-17-25(18-20-26)16-15-24-10-3-2-4-11-24/h2-20,22,31-33,38-39H,21H2,1H3,(H,43,44)/b16-15+. The Labute approximate surface area is 254 Å². The number of carboxylic acids is 1. The van der Waals surface area contributed by atoms with Gasteiger partial charge >= 0.3 is 5.97 Å². The van der Waals surface area contributed by atoms with Crippen molar-refractivity contribution in [3.8, 4) is 0 Å². The number of para-hydroxylation sites is 2. The van der Waals surface area contributed by atoms with Gasteiger partial charge in [0.1, 0.15) is 5.54 Å². The third-order valence-corrected chi connectivity index (χ3v) is 9.10. The largest absolute Gasteiger partial charge is 0.480 e. The van der Waals surface area contributed by atoms with Crippen molar-refractivity contribution in [1.82, 2.24) is 10.3 Å². The third-order valence-electron chi connectivity index (χ3n) is 9.10. The van der Waals surface area contributed by atoms with Crippen LogP contribution in [-0.4, -0.2) is 33.4 Å². The second kappa shape index (κ2) is 10.8. The number of benzene rings is 4. The molecule has 2 aliphatic rings. The van der Waals surface area contributed by atoms with Crippen LogP contribution in [0.4, 0.5) is 5.69 Å². The van der Waals surface area contributed by atoms with Gasteiger partial charge in [-0.2, -0.15) is 0 Å². The fourth-order valence-electron chi connectivity index (χ4n) is 6.93. The van der Waals surface area contributed by atoms with Crippen LogP contribution < -0.4 is 10.2 Å². The number of imide groups is 1. The van der Waals surface area contributed by atoms with E-state index in [9.17, 15) is 19.5 Å². The Hall–Kier alpha value is -5.27. The number of fused-ring (bicyclic) bond motifs is 2. The molecule has 7 nitrogen and oxygen atoms in total. The summed E-state index contributed by atoms with van der Waals surface area (Å²) in [6.45, 7) is 1.85. The molecule has 3 N–H and O–H groups in total. The number of hydrogen-bond donors (Lipinski definition) is 3. The highest BCUT2D eigenvalue weighted by Gasteiger charge is 2.68. The number of carbonyl (C=O) groups is 3. The van der Waals surface area contributed by atoms with Gasteiger partial charge in [-0.1, -0.05) is 103 Å². The summed E-state index contributed by atoms with van der Waals surface area (Å²) < 4.78 is 0. The summed E-state index contributed by atoms with van der Waals surface area (Å²) in [4.78, 5) is 46.4. The van der Waals surface area contributed by atoms with Gasteiger partial charge in [0.05, 0.1) is 17.5 Å². The molecular weight excluding hydrogens is 550 g/mol. The van der Waals surface area contributed by atoms with E-state index in [4.69, 9.17) is 0 Å². The van der Waals surface area contributed by atoms with E-state index in [1.54, 1.807) is 18.3 Å². The maximum atomic E-state index is 14.3. The second-order valence-corrected chi connectivity index (χ2v) is 11.6. The van der Waals surface area contributed by atoms with Crippen molar-refractivity contribution in [3.05, 3.63) is 137 Å². The van der Waals surface area contributed by atoms with E-state index in [0.717, 1.165) is 38.7 Å². The summed E-state index contributed by atoms with van der Waals surface area (Å²) in [5.41, 5.74) is 3.99. The zero-order chi connectivity index (χ0) is 30.4. The lowest BCUT2D eigenvalue weighted by Gasteiger charge is -2.31. The Morgan fingerprint density at radius 3 is 2.23 bits per heavy atom. The van der Waals surface area contributed by atoms with Crippen molar-refractivity contribution in [3.63, 3.8) is 0 Å². The summed E-state index contributed by atoms with van der Waals surface area (Å²) in [5.74, 6) is -4.04. The Kier molecular flexibility index (Phi) is 6.75. The minimum atomic E-state index is -1.71.